The molecular formula is C12H20O8. The van der Waals surface area contributed by atoms with E-state index in [2.05, 4.69) is 0 Å². The molecule has 0 saturated carbocycles. The van der Waals surface area contributed by atoms with Crippen molar-refractivity contribution in [3.05, 3.63) is 0 Å². The van der Waals surface area contributed by atoms with Gasteiger partial charge in [-0.25, -0.2) is 0 Å². The van der Waals surface area contributed by atoms with Gasteiger partial charge in [0.2, 0.25) is 0 Å². The van der Waals surface area contributed by atoms with Crippen LogP contribution < -0.4 is 0 Å². The number of aliphatic hydroxyl groups excluding tert-OH is 4. The number of hydrogen-bond donors (Lipinski definition) is 4. The molecule has 20 heavy (non-hydrogen) atoms. The Morgan fingerprint density at radius 2 is 1.95 bits per heavy atom. The molecule has 2 aliphatic heterocycles. The Labute approximate surface area is 115 Å². The van der Waals surface area contributed by atoms with E-state index < -0.39 is 49.4 Å². The van der Waals surface area contributed by atoms with Gasteiger partial charge >= 0.3 is 5.97 Å². The summed E-state index contributed by atoms with van der Waals surface area (Å²) in [7, 11) is 0. The van der Waals surface area contributed by atoms with Crippen molar-refractivity contribution >= 4 is 5.97 Å². The van der Waals surface area contributed by atoms with Gasteiger partial charge in [0, 0.05) is 6.42 Å². The van der Waals surface area contributed by atoms with Gasteiger partial charge in [0.05, 0.1) is 19.1 Å². The Morgan fingerprint density at radius 3 is 2.55 bits per heavy atom. The van der Waals surface area contributed by atoms with Crippen LogP contribution in [0.15, 0.2) is 0 Å². The summed E-state index contributed by atoms with van der Waals surface area (Å²) in [6.45, 7) is 1.20. The van der Waals surface area contributed by atoms with Crippen molar-refractivity contribution in [2.24, 2.45) is 0 Å². The summed E-state index contributed by atoms with van der Waals surface area (Å²) in [4.78, 5) is 11.3. The monoisotopic (exact) mass is 292 g/mol. The minimum atomic E-state index is -1.49. The molecule has 7 unspecified atom stereocenters. The molecule has 0 radical (unpaired) electrons. The van der Waals surface area contributed by atoms with Crippen molar-refractivity contribution in [1.82, 2.24) is 0 Å². The first-order chi connectivity index (χ1) is 9.42. The lowest BCUT2D eigenvalue weighted by Gasteiger charge is -2.41. The molecule has 0 aromatic rings. The van der Waals surface area contributed by atoms with Crippen molar-refractivity contribution in [2.45, 2.75) is 62.7 Å². The number of rotatable bonds is 3. The van der Waals surface area contributed by atoms with E-state index in [0.29, 0.717) is 6.42 Å². The molecule has 8 nitrogen and oxygen atoms in total. The van der Waals surface area contributed by atoms with Crippen molar-refractivity contribution in [1.29, 1.82) is 0 Å². The molecule has 0 spiro atoms. The summed E-state index contributed by atoms with van der Waals surface area (Å²) in [6.07, 6.45) is -6.94. The lowest BCUT2D eigenvalue weighted by atomic mass is 9.99. The molecule has 116 valence electrons. The van der Waals surface area contributed by atoms with Crippen molar-refractivity contribution in [3.63, 3.8) is 0 Å². The highest BCUT2D eigenvalue weighted by molar-refractivity contribution is 5.70. The molecular weight excluding hydrogens is 272 g/mol. The lowest BCUT2D eigenvalue weighted by Crippen LogP contribution is -2.60. The van der Waals surface area contributed by atoms with E-state index in [1.165, 1.54) is 0 Å². The van der Waals surface area contributed by atoms with Crippen molar-refractivity contribution in [3.8, 4) is 0 Å². The topological polar surface area (TPSA) is 126 Å². The molecule has 0 amide bonds. The molecule has 2 fully saturated rings. The van der Waals surface area contributed by atoms with Crippen LogP contribution >= 0.6 is 0 Å². The zero-order valence-electron chi connectivity index (χ0n) is 11.1. The van der Waals surface area contributed by atoms with Gasteiger partial charge in [0.15, 0.2) is 6.29 Å². The van der Waals surface area contributed by atoms with Gasteiger partial charge < -0.3 is 34.6 Å². The molecule has 2 heterocycles. The molecule has 8 heteroatoms. The first kappa shape index (κ1) is 15.6. The van der Waals surface area contributed by atoms with Crippen LogP contribution in [-0.4, -0.2) is 75.9 Å². The number of carbonyl (C=O) groups is 1. The standard InChI is InChI=1S/C12H20O8/c1-5-2-6(3-8(14)18-5)19-12-11(17)10(16)9(15)7(4-13)20-12/h5-7,9-13,15-17H,2-4H2,1H3. The number of cyclic esters (lactones) is 1. The van der Waals surface area contributed by atoms with E-state index in [-0.39, 0.29) is 12.5 Å². The van der Waals surface area contributed by atoms with Crippen LogP contribution in [0.3, 0.4) is 0 Å². The van der Waals surface area contributed by atoms with E-state index in [4.69, 9.17) is 19.3 Å². The number of ether oxygens (including phenoxy) is 3. The molecule has 0 aromatic carbocycles. The molecule has 2 rings (SSSR count). The number of aliphatic hydroxyl groups is 4. The third kappa shape index (κ3) is 3.27. The first-order valence-corrected chi connectivity index (χ1v) is 6.57. The summed E-state index contributed by atoms with van der Waals surface area (Å²) in [6, 6.07) is 0. The van der Waals surface area contributed by atoms with Crippen LogP contribution in [0.5, 0.6) is 0 Å². The third-order valence-electron chi connectivity index (χ3n) is 3.50. The quantitative estimate of drug-likeness (QED) is 0.436. The average Bonchev–Trinajstić information content (AvgIpc) is 2.38. The first-order valence-electron chi connectivity index (χ1n) is 6.57. The van der Waals surface area contributed by atoms with Crippen LogP contribution in [0.4, 0.5) is 0 Å². The van der Waals surface area contributed by atoms with Crippen LogP contribution in [0.2, 0.25) is 0 Å². The Hall–Kier alpha value is -0.770. The van der Waals surface area contributed by atoms with Gasteiger partial charge in [-0.15, -0.1) is 0 Å². The zero-order chi connectivity index (χ0) is 14.9. The van der Waals surface area contributed by atoms with Gasteiger partial charge in [-0.05, 0) is 6.92 Å². The van der Waals surface area contributed by atoms with E-state index in [9.17, 15) is 20.1 Å². The van der Waals surface area contributed by atoms with Crippen LogP contribution in [0, 0.1) is 0 Å². The summed E-state index contributed by atoms with van der Waals surface area (Å²) in [5.74, 6) is -0.404. The minimum Gasteiger partial charge on any atom is -0.462 e. The van der Waals surface area contributed by atoms with Crippen molar-refractivity contribution in [2.75, 3.05) is 6.61 Å². The van der Waals surface area contributed by atoms with Gasteiger partial charge in [-0.2, -0.15) is 0 Å². The third-order valence-corrected chi connectivity index (χ3v) is 3.50. The zero-order valence-corrected chi connectivity index (χ0v) is 11.1. The maximum atomic E-state index is 11.3. The summed E-state index contributed by atoms with van der Waals surface area (Å²) < 4.78 is 15.7. The number of hydrogen-bond acceptors (Lipinski definition) is 8. The van der Waals surface area contributed by atoms with Crippen molar-refractivity contribution < 1.29 is 39.4 Å². The SMILES string of the molecule is CC1CC(OC2OC(CO)C(O)C(O)C2O)CC(=O)O1. The van der Waals surface area contributed by atoms with Gasteiger partial charge in [0.25, 0.3) is 0 Å². The fourth-order valence-electron chi connectivity index (χ4n) is 2.43. The fraction of sp³-hybridized carbons (Fsp3) is 0.917. The number of esters is 1. The summed E-state index contributed by atoms with van der Waals surface area (Å²) >= 11 is 0. The lowest BCUT2D eigenvalue weighted by molar-refractivity contribution is -0.314. The molecule has 2 saturated heterocycles. The summed E-state index contributed by atoms with van der Waals surface area (Å²) in [5.41, 5.74) is 0. The minimum absolute atomic E-state index is 0.0271. The Kier molecular flexibility index (Phi) is 4.95. The van der Waals surface area contributed by atoms with E-state index in [0.717, 1.165) is 0 Å². The van der Waals surface area contributed by atoms with Gasteiger partial charge in [-0.3, -0.25) is 4.79 Å². The second-order valence-electron chi connectivity index (χ2n) is 5.20. The molecule has 4 N–H and O–H groups in total. The largest absolute Gasteiger partial charge is 0.462 e. The second-order valence-corrected chi connectivity index (χ2v) is 5.20. The number of carbonyl (C=O) groups excluding carboxylic acids is 1. The fourth-order valence-corrected chi connectivity index (χ4v) is 2.43. The molecule has 0 aliphatic carbocycles. The maximum absolute atomic E-state index is 11.3. The highest BCUT2D eigenvalue weighted by Gasteiger charge is 2.45. The highest BCUT2D eigenvalue weighted by atomic mass is 16.7. The Morgan fingerprint density at radius 1 is 1.25 bits per heavy atom. The van der Waals surface area contributed by atoms with Gasteiger partial charge in [-0.1, -0.05) is 0 Å². The Balaban J connectivity index is 1.98. The summed E-state index contributed by atoms with van der Waals surface area (Å²) in [5, 5.41) is 38.2. The smallest absolute Gasteiger partial charge is 0.308 e. The molecule has 2 aliphatic rings. The van der Waals surface area contributed by atoms with E-state index >= 15 is 0 Å². The van der Waals surface area contributed by atoms with E-state index in [1.807, 2.05) is 0 Å². The van der Waals surface area contributed by atoms with Crippen LogP contribution in [0.25, 0.3) is 0 Å². The average molecular weight is 292 g/mol. The van der Waals surface area contributed by atoms with Gasteiger partial charge in [0.1, 0.15) is 30.5 Å². The predicted octanol–water partition coefficient (Wildman–Crippen LogP) is -2.10. The van der Waals surface area contributed by atoms with E-state index in [1.54, 1.807) is 6.92 Å². The highest BCUT2D eigenvalue weighted by Crippen LogP contribution is 2.26. The molecule has 0 aromatic heterocycles. The van der Waals surface area contributed by atoms with Crippen LogP contribution in [-0.2, 0) is 19.0 Å². The van der Waals surface area contributed by atoms with Crippen LogP contribution in [0.1, 0.15) is 19.8 Å². The molecule has 7 atom stereocenters. The Bertz CT molecular complexity index is 346. The maximum Gasteiger partial charge on any atom is 0.308 e. The molecule has 0 bridgehead atoms. The second kappa shape index (κ2) is 6.33. The predicted molar refractivity (Wildman–Crippen MR) is 63.4 cm³/mol. The normalized spacial score (nSPS) is 46.0.